The summed E-state index contributed by atoms with van der Waals surface area (Å²) in [5.41, 5.74) is 0.272. The van der Waals surface area contributed by atoms with Crippen molar-refractivity contribution in [2.75, 3.05) is 0 Å². The molecule has 0 aliphatic carbocycles. The van der Waals surface area contributed by atoms with Crippen LogP contribution in [-0.4, -0.2) is 23.5 Å². The van der Waals surface area contributed by atoms with Crippen LogP contribution in [0.25, 0.3) is 0 Å². The molecular weight excluding hydrogens is 477 g/mol. The van der Waals surface area contributed by atoms with Gasteiger partial charge in [0.25, 0.3) is 0 Å². The van der Waals surface area contributed by atoms with Gasteiger partial charge in [0.05, 0.1) is 0 Å². The average Bonchev–Trinajstić information content (AvgIpc) is 2.22. The van der Waals surface area contributed by atoms with Crippen LogP contribution in [0.1, 0.15) is 5.56 Å². The molecule has 1 rings (SSSR count). The zero-order valence-corrected chi connectivity index (χ0v) is 10.7. The van der Waals surface area contributed by atoms with Gasteiger partial charge in [0.2, 0.25) is 0 Å². The summed E-state index contributed by atoms with van der Waals surface area (Å²) >= 11 is 0. The second-order valence-electron chi connectivity index (χ2n) is 3.09. The van der Waals surface area contributed by atoms with E-state index in [1.54, 1.807) is 0 Å². The standard InChI is InChI=1S/C10H8F2NO3.Fm/c11-7-2-1-6(3-8(7)12)4-9(10(15)16)13-5-14;/h1-3,9H,4H2,(H,13,14)(H,15,16);/q-1;. The normalized spacial score (nSPS) is 11.2. The molecule has 7 heteroatoms. The Morgan fingerprint density at radius 1 is 1.41 bits per heavy atom. The van der Waals surface area contributed by atoms with Crippen molar-refractivity contribution in [3.63, 3.8) is 0 Å². The number of halogens is 2. The Hall–Kier alpha value is -2.98. The maximum absolute atomic E-state index is 12.8. The second-order valence-corrected chi connectivity index (χ2v) is 3.09. The molecular formula is C10H8F2FmNO3-. The zero-order valence-electron chi connectivity index (χ0n) is 8.32. The summed E-state index contributed by atoms with van der Waals surface area (Å²) in [6.07, 6.45) is 1.11. The summed E-state index contributed by atoms with van der Waals surface area (Å²) in [6, 6.07) is 1.83. The van der Waals surface area contributed by atoms with E-state index in [2.05, 4.69) is 0 Å². The molecule has 0 aliphatic rings. The van der Waals surface area contributed by atoms with Crippen LogP contribution in [0.2, 0.25) is 0 Å². The van der Waals surface area contributed by atoms with Crippen LogP contribution in [0.4, 0.5) is 8.78 Å². The number of aliphatic carboxylic acids is 1. The molecule has 1 atom stereocenters. The Balaban J connectivity index is 0.00000256. The number of carbonyl (C=O) groups is 1. The third-order valence-electron chi connectivity index (χ3n) is 1.96. The molecule has 0 aromatic heterocycles. The average molecular weight is 485 g/mol. The first-order chi connectivity index (χ1) is 7.54. The topological polar surface area (TPSA) is 66.4 Å². The molecule has 0 aliphatic heterocycles. The summed E-state index contributed by atoms with van der Waals surface area (Å²) in [5, 5.41) is 10.6. The van der Waals surface area contributed by atoms with E-state index in [1.807, 2.05) is 5.32 Å². The third-order valence-corrected chi connectivity index (χ3v) is 1.96. The number of nitrogens with one attached hydrogen (secondary N) is 1. The van der Waals surface area contributed by atoms with Crippen molar-refractivity contribution in [1.29, 1.82) is 0 Å². The monoisotopic (exact) mass is 485 g/mol. The van der Waals surface area contributed by atoms with Gasteiger partial charge in [0.15, 0.2) is 11.6 Å². The van der Waals surface area contributed by atoms with E-state index in [0.29, 0.717) is 0 Å². The quantitative estimate of drug-likeness (QED) is 0.475. The smallest absolute Gasteiger partial charge is 0.323 e. The minimum Gasteiger partial charge on any atom is -0.520 e. The van der Waals surface area contributed by atoms with Crippen molar-refractivity contribution >= 4 is 12.4 Å². The number of hydrogen-bond donors (Lipinski definition) is 2. The number of carboxylic acids is 1. The van der Waals surface area contributed by atoms with Crippen LogP contribution >= 0.6 is 0 Å². The van der Waals surface area contributed by atoms with E-state index in [9.17, 15) is 18.4 Å². The summed E-state index contributed by atoms with van der Waals surface area (Å²) in [7, 11) is 0. The van der Waals surface area contributed by atoms with E-state index < -0.39 is 23.6 Å². The first kappa shape index (κ1) is 14.0. The first-order valence-corrected chi connectivity index (χ1v) is 4.34. The van der Waals surface area contributed by atoms with Crippen LogP contribution in [0.15, 0.2) is 18.2 Å². The largest absolute Gasteiger partial charge is 0.520 e. The van der Waals surface area contributed by atoms with Crippen molar-refractivity contribution < 1.29 is 23.5 Å². The van der Waals surface area contributed by atoms with Crippen molar-refractivity contribution in [2.24, 2.45) is 0 Å². The van der Waals surface area contributed by atoms with Crippen molar-refractivity contribution in [3.05, 3.63) is 35.4 Å². The predicted octanol–water partition coefficient (Wildman–Crippen LogP) is 0.617. The van der Waals surface area contributed by atoms with Gasteiger partial charge in [-0.2, -0.15) is 6.41 Å². The minimum absolute atomic E-state index is 0. The molecule has 1 amide bonds. The van der Waals surface area contributed by atoms with E-state index in [4.69, 9.17) is 5.11 Å². The molecule has 2 N–H and O–H groups in total. The molecule has 1 aromatic carbocycles. The Bertz CT molecular complexity index is 415. The fourth-order valence-electron chi connectivity index (χ4n) is 1.17. The summed E-state index contributed by atoms with van der Waals surface area (Å²) < 4.78 is 25.4. The van der Waals surface area contributed by atoms with E-state index >= 15 is 0 Å². The maximum Gasteiger partial charge on any atom is 0.323 e. The number of hydrogen-bond acceptors (Lipinski definition) is 2. The molecule has 0 spiro atoms. The molecule has 98 valence electrons. The van der Waals surface area contributed by atoms with Gasteiger partial charge < -0.3 is 15.2 Å². The van der Waals surface area contributed by atoms with Crippen molar-refractivity contribution in [2.45, 2.75) is 12.5 Å². The summed E-state index contributed by atoms with van der Waals surface area (Å²) in [6.45, 7) is 0. The Kier molecular flexibility index (Phi) is 4.78. The molecule has 17 heavy (non-hydrogen) atoms. The van der Waals surface area contributed by atoms with Crippen LogP contribution < -0.4 is 5.32 Å². The number of rotatable bonds is 5. The van der Waals surface area contributed by atoms with Gasteiger partial charge in [-0.25, -0.2) is 8.78 Å². The number of carbonyl (C=O) groups excluding carboxylic acids is 1. The van der Waals surface area contributed by atoms with Gasteiger partial charge in [0, 0.05) is 6.42 Å². The van der Waals surface area contributed by atoms with Gasteiger partial charge in [-0.05, 0) is 17.7 Å². The van der Waals surface area contributed by atoms with E-state index in [1.165, 1.54) is 12.5 Å². The van der Waals surface area contributed by atoms with Gasteiger partial charge in [0.1, 0.15) is 6.04 Å². The van der Waals surface area contributed by atoms with Crippen LogP contribution in [0.3, 0.4) is 0 Å². The molecule has 4 nitrogen and oxygen atoms in total. The van der Waals surface area contributed by atoms with Gasteiger partial charge in [-0.1, -0.05) is 6.07 Å². The fourth-order valence-corrected chi connectivity index (χ4v) is 1.17. The number of carboxylic acid groups (broad SMARTS) is 1. The van der Waals surface area contributed by atoms with Crippen LogP contribution in [-0.2, 0) is 16.0 Å². The van der Waals surface area contributed by atoms with Crippen molar-refractivity contribution in [1.82, 2.24) is 5.32 Å². The SMILES string of the molecule is O=[C-]NC(Cc1ccc(F)c(F)c1)C(=O)O.[Fm]. The molecule has 0 saturated carbocycles. The second kappa shape index (κ2) is 5.79. The van der Waals surface area contributed by atoms with Crippen LogP contribution in [0, 0.1) is 11.6 Å². The van der Waals surface area contributed by atoms with E-state index in [-0.39, 0.29) is 12.0 Å². The summed E-state index contributed by atoms with van der Waals surface area (Å²) in [4.78, 5) is 20.6. The van der Waals surface area contributed by atoms with Gasteiger partial charge in [-0.3, -0.25) is 4.79 Å². The van der Waals surface area contributed by atoms with Gasteiger partial charge in [-0.15, -0.1) is 0 Å². The van der Waals surface area contributed by atoms with E-state index in [0.717, 1.165) is 12.1 Å². The summed E-state index contributed by atoms with van der Waals surface area (Å²) in [5.74, 6) is -3.34. The minimum atomic E-state index is -1.27. The first-order valence-electron chi connectivity index (χ1n) is 4.34. The third kappa shape index (κ3) is 3.58. The fraction of sp³-hybridized carbons (Fsp3) is 0.200. The molecule has 0 saturated heterocycles. The predicted molar refractivity (Wildman–Crippen MR) is 50.3 cm³/mol. The molecule has 0 radical (unpaired) electrons. The Morgan fingerprint density at radius 3 is 2.53 bits per heavy atom. The maximum atomic E-state index is 12.8. The molecule has 1 unspecified atom stereocenters. The Morgan fingerprint density at radius 2 is 2.06 bits per heavy atom. The Labute approximate surface area is 89.9 Å². The number of amides is 1. The molecule has 0 bridgehead atoms. The molecule has 1 aromatic rings. The van der Waals surface area contributed by atoms with Crippen LogP contribution in [0.5, 0.6) is 0 Å². The number of benzene rings is 1. The molecule has 0 heterocycles. The molecule has 0 fully saturated rings. The van der Waals surface area contributed by atoms with Gasteiger partial charge >= 0.3 is 5.97 Å². The van der Waals surface area contributed by atoms with Crippen molar-refractivity contribution in [3.8, 4) is 0 Å². The zero-order chi connectivity index (χ0) is 12.1.